The molecule has 1 saturated carbocycles. The van der Waals surface area contributed by atoms with Crippen LogP contribution in [0, 0.1) is 0 Å². The Morgan fingerprint density at radius 1 is 1.40 bits per heavy atom. The summed E-state index contributed by atoms with van der Waals surface area (Å²) in [6.07, 6.45) is 3.53. The molecule has 5 heteroatoms. The van der Waals surface area contributed by atoms with Gasteiger partial charge in [0, 0.05) is 24.6 Å². The lowest BCUT2D eigenvalue weighted by atomic mass is 10.1. The fourth-order valence-corrected chi connectivity index (χ4v) is 2.22. The average Bonchev–Trinajstić information content (AvgIpc) is 3.27. The Morgan fingerprint density at radius 2 is 2.10 bits per heavy atom. The minimum atomic E-state index is 0. The van der Waals surface area contributed by atoms with Crippen molar-refractivity contribution in [3.05, 3.63) is 29.8 Å². The molecule has 0 atom stereocenters. The van der Waals surface area contributed by atoms with Gasteiger partial charge in [0.15, 0.2) is 0 Å². The fourth-order valence-electron chi connectivity index (χ4n) is 2.22. The van der Waals surface area contributed by atoms with Gasteiger partial charge >= 0.3 is 0 Å². The number of halogens is 1. The summed E-state index contributed by atoms with van der Waals surface area (Å²) >= 11 is 0. The number of hydrogen-bond acceptors (Lipinski definition) is 3. The fraction of sp³-hybridized carbons (Fsp3) is 0.533. The molecule has 0 spiro atoms. The number of rotatable bonds is 7. The Balaban J connectivity index is 0.00000200. The number of ether oxygens (including phenoxy) is 1. The predicted molar refractivity (Wildman–Crippen MR) is 82.1 cm³/mol. The molecule has 1 amide bonds. The van der Waals surface area contributed by atoms with Crippen LogP contribution in [0.1, 0.15) is 31.2 Å². The SMILES string of the molecule is COc1ccccc1CN(C(=O)CCCN)C1CC1.Cl. The quantitative estimate of drug-likeness (QED) is 0.840. The molecule has 20 heavy (non-hydrogen) atoms. The van der Waals surface area contributed by atoms with E-state index in [1.165, 1.54) is 0 Å². The topological polar surface area (TPSA) is 55.6 Å². The Kier molecular flexibility index (Phi) is 6.82. The maximum atomic E-state index is 12.2. The lowest BCUT2D eigenvalue weighted by Crippen LogP contribution is -2.32. The minimum Gasteiger partial charge on any atom is -0.496 e. The van der Waals surface area contributed by atoms with E-state index in [-0.39, 0.29) is 18.3 Å². The summed E-state index contributed by atoms with van der Waals surface area (Å²) in [5, 5.41) is 0. The summed E-state index contributed by atoms with van der Waals surface area (Å²) in [5.41, 5.74) is 6.54. The predicted octanol–water partition coefficient (Wildman–Crippen LogP) is 2.35. The molecule has 1 aromatic carbocycles. The van der Waals surface area contributed by atoms with Crippen molar-refractivity contribution >= 4 is 18.3 Å². The molecule has 0 unspecified atom stereocenters. The van der Waals surface area contributed by atoms with E-state index in [0.717, 1.165) is 30.6 Å². The van der Waals surface area contributed by atoms with Crippen LogP contribution in [0.25, 0.3) is 0 Å². The Hall–Kier alpha value is -1.26. The van der Waals surface area contributed by atoms with Crippen LogP contribution in [0.5, 0.6) is 5.75 Å². The van der Waals surface area contributed by atoms with Gasteiger partial charge in [0.1, 0.15) is 5.75 Å². The van der Waals surface area contributed by atoms with E-state index in [9.17, 15) is 4.79 Å². The van der Waals surface area contributed by atoms with Gasteiger partial charge in [0.05, 0.1) is 7.11 Å². The number of carbonyl (C=O) groups is 1. The molecule has 1 aromatic rings. The summed E-state index contributed by atoms with van der Waals surface area (Å²) in [4.78, 5) is 14.2. The first-order valence-corrected chi connectivity index (χ1v) is 6.87. The molecule has 0 saturated heterocycles. The molecule has 1 fully saturated rings. The van der Waals surface area contributed by atoms with Crippen LogP contribution in [0.15, 0.2) is 24.3 Å². The monoisotopic (exact) mass is 298 g/mol. The second-order valence-corrected chi connectivity index (χ2v) is 4.96. The number of hydrogen-bond donors (Lipinski definition) is 1. The lowest BCUT2D eigenvalue weighted by molar-refractivity contribution is -0.132. The Labute approximate surface area is 126 Å². The van der Waals surface area contributed by atoms with Crippen molar-refractivity contribution in [2.75, 3.05) is 13.7 Å². The molecule has 4 nitrogen and oxygen atoms in total. The average molecular weight is 299 g/mol. The number of nitrogens with two attached hydrogens (primary N) is 1. The third-order valence-electron chi connectivity index (χ3n) is 3.44. The number of carbonyl (C=O) groups excluding carboxylic acids is 1. The van der Waals surface area contributed by atoms with Crippen molar-refractivity contribution in [3.8, 4) is 5.75 Å². The first-order chi connectivity index (χ1) is 9.26. The van der Waals surface area contributed by atoms with Gasteiger partial charge in [0.2, 0.25) is 5.91 Å². The maximum absolute atomic E-state index is 12.2. The normalized spacial score (nSPS) is 13.5. The zero-order valence-corrected chi connectivity index (χ0v) is 12.7. The van der Waals surface area contributed by atoms with Crippen LogP contribution < -0.4 is 10.5 Å². The van der Waals surface area contributed by atoms with E-state index >= 15 is 0 Å². The van der Waals surface area contributed by atoms with Crippen LogP contribution in [-0.2, 0) is 11.3 Å². The number of nitrogens with zero attached hydrogens (tertiary/aromatic N) is 1. The summed E-state index contributed by atoms with van der Waals surface area (Å²) in [6.45, 7) is 1.21. The number of benzene rings is 1. The second-order valence-electron chi connectivity index (χ2n) is 4.96. The number of methoxy groups -OCH3 is 1. The number of para-hydroxylation sites is 1. The molecule has 0 radical (unpaired) electrons. The maximum Gasteiger partial charge on any atom is 0.223 e. The van der Waals surface area contributed by atoms with Crippen molar-refractivity contribution in [1.29, 1.82) is 0 Å². The van der Waals surface area contributed by atoms with E-state index in [0.29, 0.717) is 25.6 Å². The standard InChI is InChI=1S/C15H22N2O2.ClH/c1-19-14-6-3-2-5-12(14)11-17(13-8-9-13)15(18)7-4-10-16;/h2-3,5-6,13H,4,7-11,16H2,1H3;1H. The molecule has 112 valence electrons. The van der Waals surface area contributed by atoms with Crippen molar-refractivity contribution in [2.45, 2.75) is 38.3 Å². The summed E-state index contributed by atoms with van der Waals surface area (Å²) < 4.78 is 5.35. The molecular formula is C15H23ClN2O2. The van der Waals surface area contributed by atoms with Gasteiger partial charge in [0.25, 0.3) is 0 Å². The van der Waals surface area contributed by atoms with Gasteiger partial charge in [-0.3, -0.25) is 4.79 Å². The van der Waals surface area contributed by atoms with E-state index in [1.807, 2.05) is 29.2 Å². The highest BCUT2D eigenvalue weighted by molar-refractivity contribution is 5.85. The van der Waals surface area contributed by atoms with Crippen LogP contribution in [-0.4, -0.2) is 30.5 Å². The molecule has 1 aliphatic carbocycles. The molecule has 2 N–H and O–H groups in total. The first-order valence-electron chi connectivity index (χ1n) is 6.87. The van der Waals surface area contributed by atoms with Crippen LogP contribution >= 0.6 is 12.4 Å². The third kappa shape index (κ3) is 4.39. The van der Waals surface area contributed by atoms with Crippen molar-refractivity contribution in [1.82, 2.24) is 4.90 Å². The van der Waals surface area contributed by atoms with Gasteiger partial charge < -0.3 is 15.4 Å². The van der Waals surface area contributed by atoms with Gasteiger partial charge in [-0.2, -0.15) is 0 Å². The van der Waals surface area contributed by atoms with Gasteiger partial charge in [-0.15, -0.1) is 12.4 Å². The van der Waals surface area contributed by atoms with Crippen molar-refractivity contribution in [2.24, 2.45) is 5.73 Å². The summed E-state index contributed by atoms with van der Waals surface area (Å²) in [7, 11) is 1.66. The molecule has 0 aromatic heterocycles. The van der Waals surface area contributed by atoms with E-state index in [1.54, 1.807) is 7.11 Å². The van der Waals surface area contributed by atoms with Gasteiger partial charge in [-0.25, -0.2) is 0 Å². The molecule has 0 bridgehead atoms. The van der Waals surface area contributed by atoms with Gasteiger partial charge in [-0.1, -0.05) is 18.2 Å². The zero-order chi connectivity index (χ0) is 13.7. The molecule has 2 rings (SSSR count). The van der Waals surface area contributed by atoms with Crippen LogP contribution in [0.2, 0.25) is 0 Å². The van der Waals surface area contributed by atoms with Crippen molar-refractivity contribution in [3.63, 3.8) is 0 Å². The molecule has 0 heterocycles. The Morgan fingerprint density at radius 3 is 2.70 bits per heavy atom. The minimum absolute atomic E-state index is 0. The summed E-state index contributed by atoms with van der Waals surface area (Å²) in [6, 6.07) is 8.29. The lowest BCUT2D eigenvalue weighted by Gasteiger charge is -2.23. The second kappa shape index (κ2) is 8.12. The smallest absolute Gasteiger partial charge is 0.223 e. The van der Waals surface area contributed by atoms with Crippen LogP contribution in [0.3, 0.4) is 0 Å². The highest BCUT2D eigenvalue weighted by atomic mass is 35.5. The molecule has 0 aliphatic heterocycles. The highest BCUT2D eigenvalue weighted by Gasteiger charge is 2.32. The van der Waals surface area contributed by atoms with Gasteiger partial charge in [-0.05, 0) is 31.9 Å². The highest BCUT2D eigenvalue weighted by Crippen LogP contribution is 2.31. The zero-order valence-electron chi connectivity index (χ0n) is 11.9. The van der Waals surface area contributed by atoms with E-state index < -0.39 is 0 Å². The van der Waals surface area contributed by atoms with E-state index in [2.05, 4.69) is 0 Å². The van der Waals surface area contributed by atoms with Crippen molar-refractivity contribution < 1.29 is 9.53 Å². The number of amides is 1. The Bertz CT molecular complexity index is 436. The first kappa shape index (κ1) is 16.8. The largest absolute Gasteiger partial charge is 0.496 e. The third-order valence-corrected chi connectivity index (χ3v) is 3.44. The molecule has 1 aliphatic rings. The summed E-state index contributed by atoms with van der Waals surface area (Å²) in [5.74, 6) is 1.05. The van der Waals surface area contributed by atoms with E-state index in [4.69, 9.17) is 10.5 Å². The molecular weight excluding hydrogens is 276 g/mol. The van der Waals surface area contributed by atoms with Crippen LogP contribution in [0.4, 0.5) is 0 Å².